The zero-order valence-corrected chi connectivity index (χ0v) is 20.5. The number of carbonyl (C=O) groups is 2. The van der Waals surface area contributed by atoms with Crippen molar-refractivity contribution in [2.24, 2.45) is 0 Å². The number of pyridine rings is 1. The predicted octanol–water partition coefficient (Wildman–Crippen LogP) is 4.64. The fourth-order valence-corrected chi connectivity index (χ4v) is 5.28. The van der Waals surface area contributed by atoms with Crippen LogP contribution in [0.3, 0.4) is 0 Å². The Balaban J connectivity index is 1.30. The lowest BCUT2D eigenvalue weighted by Crippen LogP contribution is -2.57. The molecule has 6 heteroatoms. The van der Waals surface area contributed by atoms with E-state index in [1.807, 2.05) is 53.4 Å². The minimum absolute atomic E-state index is 0.0658. The highest BCUT2D eigenvalue weighted by Crippen LogP contribution is 2.38. The number of benzene rings is 2. The molecule has 3 heterocycles. The van der Waals surface area contributed by atoms with Gasteiger partial charge in [0.2, 0.25) is 0 Å². The largest absolute Gasteiger partial charge is 0.328 e. The molecule has 36 heavy (non-hydrogen) atoms. The smallest absolute Gasteiger partial charge is 0.309 e. The highest BCUT2D eigenvalue weighted by molar-refractivity contribution is 6.07. The van der Waals surface area contributed by atoms with Crippen molar-refractivity contribution >= 4 is 18.0 Å². The summed E-state index contributed by atoms with van der Waals surface area (Å²) in [6, 6.07) is 24.0. The van der Waals surface area contributed by atoms with Gasteiger partial charge in [0.15, 0.2) is 0 Å². The number of likely N-dealkylation sites (tertiary alicyclic amines) is 1. The summed E-state index contributed by atoms with van der Waals surface area (Å²) in [5, 5.41) is 0. The van der Waals surface area contributed by atoms with Crippen molar-refractivity contribution in [2.45, 2.75) is 31.3 Å². The molecule has 0 atom stereocenters. The summed E-state index contributed by atoms with van der Waals surface area (Å²) in [6.45, 7) is 3.18. The van der Waals surface area contributed by atoms with Crippen LogP contribution < -0.4 is 0 Å². The van der Waals surface area contributed by atoms with Crippen LogP contribution in [0, 0.1) is 0 Å². The molecule has 2 aliphatic rings. The van der Waals surface area contributed by atoms with Crippen LogP contribution in [-0.2, 0) is 17.8 Å². The highest BCUT2D eigenvalue weighted by atomic mass is 16.2. The van der Waals surface area contributed by atoms with Crippen LogP contribution in [0.4, 0.5) is 4.79 Å². The van der Waals surface area contributed by atoms with Crippen molar-refractivity contribution in [1.82, 2.24) is 19.7 Å². The van der Waals surface area contributed by atoms with E-state index in [2.05, 4.69) is 46.3 Å². The molecule has 5 rings (SSSR count). The van der Waals surface area contributed by atoms with Gasteiger partial charge in [0, 0.05) is 38.6 Å². The Kier molecular flexibility index (Phi) is 7.23. The van der Waals surface area contributed by atoms with E-state index in [0.29, 0.717) is 19.4 Å². The highest BCUT2D eigenvalue weighted by Gasteiger charge is 2.57. The summed E-state index contributed by atoms with van der Waals surface area (Å²) in [4.78, 5) is 37.3. The summed E-state index contributed by atoms with van der Waals surface area (Å²) >= 11 is 0. The van der Waals surface area contributed by atoms with Gasteiger partial charge in [0.05, 0.1) is 6.54 Å². The number of hydrogen-bond acceptors (Lipinski definition) is 4. The fraction of sp³-hybridized carbons (Fsp3) is 0.300. The molecular formula is C30H32N4O2. The first-order chi connectivity index (χ1) is 17.7. The molecule has 0 bridgehead atoms. The summed E-state index contributed by atoms with van der Waals surface area (Å²) in [7, 11) is 0. The maximum atomic E-state index is 13.8. The lowest BCUT2D eigenvalue weighted by molar-refractivity contribution is -0.136. The Labute approximate surface area is 212 Å². The quantitative estimate of drug-likeness (QED) is 0.441. The van der Waals surface area contributed by atoms with Gasteiger partial charge in [-0.25, -0.2) is 4.79 Å². The van der Waals surface area contributed by atoms with E-state index >= 15 is 0 Å². The molecule has 2 aliphatic heterocycles. The second kappa shape index (κ2) is 10.9. The Morgan fingerprint density at radius 2 is 1.56 bits per heavy atom. The summed E-state index contributed by atoms with van der Waals surface area (Å²) in [5.74, 6) is -0.0658. The minimum atomic E-state index is -0.770. The number of nitrogens with zero attached hydrogens (tertiary/aromatic N) is 4. The fourth-order valence-electron chi connectivity index (χ4n) is 5.28. The summed E-state index contributed by atoms with van der Waals surface area (Å²) in [5.41, 5.74) is 2.44. The average Bonchev–Trinajstić information content (AvgIpc) is 3.11. The number of rotatable bonds is 8. The van der Waals surface area contributed by atoms with Crippen LogP contribution >= 0.6 is 0 Å². The molecule has 6 nitrogen and oxygen atoms in total. The molecular weight excluding hydrogens is 448 g/mol. The third-order valence-electron chi connectivity index (χ3n) is 7.31. The topological polar surface area (TPSA) is 56.8 Å². The molecule has 0 radical (unpaired) electrons. The molecule has 2 saturated heterocycles. The molecule has 2 fully saturated rings. The van der Waals surface area contributed by atoms with Crippen LogP contribution in [0.15, 0.2) is 91.3 Å². The van der Waals surface area contributed by atoms with Gasteiger partial charge >= 0.3 is 6.03 Å². The van der Waals surface area contributed by atoms with Crippen LogP contribution in [0.25, 0.3) is 6.08 Å². The van der Waals surface area contributed by atoms with Gasteiger partial charge in [-0.15, -0.1) is 0 Å². The van der Waals surface area contributed by atoms with E-state index < -0.39 is 5.54 Å². The number of hydrogen-bond donors (Lipinski definition) is 0. The van der Waals surface area contributed by atoms with Crippen molar-refractivity contribution < 1.29 is 9.59 Å². The second-order valence-corrected chi connectivity index (χ2v) is 9.57. The van der Waals surface area contributed by atoms with Gasteiger partial charge in [-0.1, -0.05) is 78.9 Å². The number of aromatic nitrogens is 1. The van der Waals surface area contributed by atoms with Crippen molar-refractivity contribution in [3.63, 3.8) is 0 Å². The van der Waals surface area contributed by atoms with Crippen LogP contribution in [-0.4, -0.2) is 63.3 Å². The number of carbonyl (C=O) groups excluding carboxylic acids is 2. The molecule has 2 aromatic carbocycles. The van der Waals surface area contributed by atoms with Crippen LogP contribution in [0.2, 0.25) is 0 Å². The SMILES string of the molecule is O=C1N(Cc2cccnc2)C(=O)C2(CCN(CC=Cc3ccccc3)CC2)N1CCc1ccccc1. The molecule has 0 aliphatic carbocycles. The number of amides is 3. The number of urea groups is 1. The van der Waals surface area contributed by atoms with Gasteiger partial charge in [-0.05, 0) is 42.0 Å². The van der Waals surface area contributed by atoms with E-state index in [4.69, 9.17) is 0 Å². The standard InChI is InChI=1S/C30H32N4O2/c35-28-30(16-21-32(22-17-30)19-8-14-25-9-3-1-4-10-25)34(20-15-26-11-5-2-6-12-26)29(36)33(28)24-27-13-7-18-31-23-27/h1-14,18,23H,15-17,19-22,24H2. The second-order valence-electron chi connectivity index (χ2n) is 9.57. The van der Waals surface area contributed by atoms with Gasteiger partial charge in [-0.3, -0.25) is 19.6 Å². The molecule has 0 unspecified atom stereocenters. The number of piperidine rings is 1. The molecule has 1 aromatic heterocycles. The molecule has 3 amide bonds. The third kappa shape index (κ3) is 5.09. The number of imide groups is 1. The van der Waals surface area contributed by atoms with Crippen LogP contribution in [0.1, 0.15) is 29.5 Å². The summed E-state index contributed by atoms with van der Waals surface area (Å²) in [6.07, 6.45) is 9.76. The Hall–Kier alpha value is -3.77. The monoisotopic (exact) mass is 480 g/mol. The average molecular weight is 481 g/mol. The lowest BCUT2D eigenvalue weighted by Gasteiger charge is -2.42. The van der Waals surface area contributed by atoms with Gasteiger partial charge < -0.3 is 4.90 Å². The Bertz CT molecular complexity index is 1190. The molecule has 1 spiro atoms. The van der Waals surface area contributed by atoms with Crippen molar-refractivity contribution in [3.05, 3.63) is 108 Å². The van der Waals surface area contributed by atoms with Gasteiger partial charge in [0.25, 0.3) is 5.91 Å². The first kappa shape index (κ1) is 23.9. The van der Waals surface area contributed by atoms with Crippen LogP contribution in [0.5, 0.6) is 0 Å². The van der Waals surface area contributed by atoms with Gasteiger partial charge in [-0.2, -0.15) is 0 Å². The lowest BCUT2D eigenvalue weighted by atomic mass is 9.85. The predicted molar refractivity (Wildman–Crippen MR) is 141 cm³/mol. The zero-order valence-electron chi connectivity index (χ0n) is 20.5. The molecule has 0 N–H and O–H groups in total. The van der Waals surface area contributed by atoms with Crippen molar-refractivity contribution in [1.29, 1.82) is 0 Å². The van der Waals surface area contributed by atoms with E-state index in [9.17, 15) is 9.59 Å². The van der Waals surface area contributed by atoms with Gasteiger partial charge in [0.1, 0.15) is 5.54 Å². The molecule has 184 valence electrons. The molecule has 3 aromatic rings. The third-order valence-corrected chi connectivity index (χ3v) is 7.31. The maximum Gasteiger partial charge on any atom is 0.328 e. The molecule has 0 saturated carbocycles. The van der Waals surface area contributed by atoms with E-state index in [0.717, 1.165) is 31.6 Å². The Morgan fingerprint density at radius 1 is 0.861 bits per heavy atom. The maximum absolute atomic E-state index is 13.8. The first-order valence-electron chi connectivity index (χ1n) is 12.7. The Morgan fingerprint density at radius 3 is 2.25 bits per heavy atom. The minimum Gasteiger partial charge on any atom is -0.309 e. The van der Waals surface area contributed by atoms with Crippen molar-refractivity contribution in [2.75, 3.05) is 26.2 Å². The zero-order chi connectivity index (χ0) is 24.8. The van der Waals surface area contributed by atoms with E-state index in [1.54, 1.807) is 12.4 Å². The van der Waals surface area contributed by atoms with E-state index in [-0.39, 0.29) is 18.5 Å². The first-order valence-corrected chi connectivity index (χ1v) is 12.7. The summed E-state index contributed by atoms with van der Waals surface area (Å²) < 4.78 is 0. The van der Waals surface area contributed by atoms with Crippen molar-refractivity contribution in [3.8, 4) is 0 Å². The normalized spacial score (nSPS) is 18.0. The van der Waals surface area contributed by atoms with E-state index in [1.165, 1.54) is 16.0 Å².